The van der Waals surface area contributed by atoms with Crippen molar-refractivity contribution in [2.75, 3.05) is 19.6 Å². The standard InChI is InChI=1S/C15H22N2O4/c1-11-6-8-17(10-12(11)18)14(19)5-2-7-16-15(20)13-4-3-9-21-13/h3-4,9,11-12,18H,2,5-8,10H2,1H3,(H,16,20). The topological polar surface area (TPSA) is 82.8 Å². The van der Waals surface area contributed by atoms with Crippen molar-refractivity contribution in [1.82, 2.24) is 10.2 Å². The van der Waals surface area contributed by atoms with Crippen LogP contribution in [0.5, 0.6) is 0 Å². The van der Waals surface area contributed by atoms with Crippen LogP contribution in [0.1, 0.15) is 36.7 Å². The Bertz CT molecular complexity index is 472. The number of hydrogen-bond donors (Lipinski definition) is 2. The second kappa shape index (κ2) is 7.26. The second-order valence-corrected chi connectivity index (χ2v) is 5.51. The fourth-order valence-corrected chi connectivity index (χ4v) is 2.37. The number of carbonyl (C=O) groups excluding carboxylic acids is 2. The van der Waals surface area contributed by atoms with Gasteiger partial charge in [0.05, 0.1) is 12.4 Å². The molecule has 1 aliphatic rings. The average molecular weight is 294 g/mol. The van der Waals surface area contributed by atoms with Crippen LogP contribution in [0.4, 0.5) is 0 Å². The summed E-state index contributed by atoms with van der Waals surface area (Å²) in [6.07, 6.45) is 2.80. The lowest BCUT2D eigenvalue weighted by molar-refractivity contribution is -0.135. The first-order valence-electron chi connectivity index (χ1n) is 7.35. The Balaban J connectivity index is 1.64. The van der Waals surface area contributed by atoms with E-state index < -0.39 is 6.10 Å². The van der Waals surface area contributed by atoms with Gasteiger partial charge in [-0.3, -0.25) is 9.59 Å². The van der Waals surface area contributed by atoms with E-state index in [0.717, 1.165) is 6.42 Å². The summed E-state index contributed by atoms with van der Waals surface area (Å²) < 4.78 is 4.98. The number of carbonyl (C=O) groups is 2. The van der Waals surface area contributed by atoms with Gasteiger partial charge in [-0.25, -0.2) is 0 Å². The average Bonchev–Trinajstić information content (AvgIpc) is 3.00. The molecule has 1 aromatic heterocycles. The molecule has 6 nitrogen and oxygen atoms in total. The van der Waals surface area contributed by atoms with Crippen LogP contribution < -0.4 is 5.32 Å². The Hall–Kier alpha value is -1.82. The number of piperidine rings is 1. The molecule has 0 aromatic carbocycles. The molecule has 1 saturated heterocycles. The SMILES string of the molecule is CC1CCN(C(=O)CCCNC(=O)c2ccco2)CC1O. The van der Waals surface area contributed by atoms with Crippen molar-refractivity contribution in [3.63, 3.8) is 0 Å². The lowest BCUT2D eigenvalue weighted by Gasteiger charge is -2.34. The number of rotatable bonds is 5. The van der Waals surface area contributed by atoms with Crippen molar-refractivity contribution in [2.24, 2.45) is 5.92 Å². The molecule has 2 N–H and O–H groups in total. The smallest absolute Gasteiger partial charge is 0.286 e. The zero-order chi connectivity index (χ0) is 15.2. The van der Waals surface area contributed by atoms with Crippen molar-refractivity contribution in [2.45, 2.75) is 32.3 Å². The second-order valence-electron chi connectivity index (χ2n) is 5.51. The predicted octanol–water partition coefficient (Wildman–Crippen LogP) is 1.02. The van der Waals surface area contributed by atoms with Crippen LogP contribution >= 0.6 is 0 Å². The number of aliphatic hydroxyl groups is 1. The van der Waals surface area contributed by atoms with E-state index in [1.54, 1.807) is 17.0 Å². The molecule has 1 aromatic rings. The lowest BCUT2D eigenvalue weighted by Crippen LogP contribution is -2.45. The van der Waals surface area contributed by atoms with Crippen LogP contribution in [0.2, 0.25) is 0 Å². The first-order valence-corrected chi connectivity index (χ1v) is 7.35. The number of furan rings is 1. The molecular weight excluding hydrogens is 272 g/mol. The van der Waals surface area contributed by atoms with Gasteiger partial charge in [0.25, 0.3) is 5.91 Å². The Morgan fingerprint density at radius 2 is 2.33 bits per heavy atom. The highest BCUT2D eigenvalue weighted by atomic mass is 16.3. The minimum absolute atomic E-state index is 0.0354. The van der Waals surface area contributed by atoms with Crippen LogP contribution in [-0.2, 0) is 4.79 Å². The van der Waals surface area contributed by atoms with Gasteiger partial charge in [-0.15, -0.1) is 0 Å². The maximum Gasteiger partial charge on any atom is 0.286 e. The molecule has 1 fully saturated rings. The molecule has 0 saturated carbocycles. The molecule has 21 heavy (non-hydrogen) atoms. The van der Waals surface area contributed by atoms with Crippen LogP contribution in [0.15, 0.2) is 22.8 Å². The largest absolute Gasteiger partial charge is 0.459 e. The van der Waals surface area contributed by atoms with Crippen LogP contribution in [0, 0.1) is 5.92 Å². The minimum Gasteiger partial charge on any atom is -0.459 e. The number of β-amino-alcohol motifs (C(OH)–C–C–N with tert-alkyl or cyclic N) is 1. The zero-order valence-electron chi connectivity index (χ0n) is 12.2. The molecule has 2 amide bonds. The van der Waals surface area contributed by atoms with Gasteiger partial charge < -0.3 is 19.7 Å². The number of aliphatic hydroxyl groups excluding tert-OH is 1. The number of nitrogens with one attached hydrogen (secondary N) is 1. The van der Waals surface area contributed by atoms with E-state index in [1.807, 2.05) is 6.92 Å². The summed E-state index contributed by atoms with van der Waals surface area (Å²) in [5.41, 5.74) is 0. The minimum atomic E-state index is -0.429. The van der Waals surface area contributed by atoms with Crippen molar-refractivity contribution in [3.05, 3.63) is 24.2 Å². The number of amides is 2. The molecule has 2 heterocycles. The van der Waals surface area contributed by atoms with Gasteiger partial charge in [-0.2, -0.15) is 0 Å². The molecule has 0 spiro atoms. The molecule has 0 bridgehead atoms. The highest BCUT2D eigenvalue weighted by Crippen LogP contribution is 2.17. The van der Waals surface area contributed by atoms with Gasteiger partial charge in [0.1, 0.15) is 0 Å². The number of hydrogen-bond acceptors (Lipinski definition) is 4. The third kappa shape index (κ3) is 4.32. The Morgan fingerprint density at radius 3 is 3.00 bits per heavy atom. The maximum absolute atomic E-state index is 12.0. The van der Waals surface area contributed by atoms with Gasteiger partial charge >= 0.3 is 0 Å². The summed E-state index contributed by atoms with van der Waals surface area (Å²) in [5.74, 6) is 0.291. The van der Waals surface area contributed by atoms with E-state index in [1.165, 1.54) is 6.26 Å². The monoisotopic (exact) mass is 294 g/mol. The molecule has 116 valence electrons. The molecule has 1 aliphatic heterocycles. The quantitative estimate of drug-likeness (QED) is 0.794. The van der Waals surface area contributed by atoms with Crippen LogP contribution in [0.3, 0.4) is 0 Å². The number of likely N-dealkylation sites (tertiary alicyclic amines) is 1. The van der Waals surface area contributed by atoms with E-state index in [0.29, 0.717) is 32.5 Å². The van der Waals surface area contributed by atoms with Gasteiger partial charge in [0.15, 0.2) is 5.76 Å². The molecule has 0 aliphatic carbocycles. The Labute approximate surface area is 124 Å². The molecule has 2 atom stereocenters. The van der Waals surface area contributed by atoms with Crippen molar-refractivity contribution >= 4 is 11.8 Å². The summed E-state index contributed by atoms with van der Waals surface area (Å²) in [6, 6.07) is 3.25. The summed E-state index contributed by atoms with van der Waals surface area (Å²) in [6.45, 7) is 3.54. The van der Waals surface area contributed by atoms with Crippen molar-refractivity contribution in [3.8, 4) is 0 Å². The van der Waals surface area contributed by atoms with Gasteiger partial charge in [0, 0.05) is 26.1 Å². The van der Waals surface area contributed by atoms with E-state index in [-0.39, 0.29) is 23.5 Å². The Kier molecular flexibility index (Phi) is 5.38. The van der Waals surface area contributed by atoms with Gasteiger partial charge in [-0.05, 0) is 30.9 Å². The first kappa shape index (κ1) is 15.6. The summed E-state index contributed by atoms with van der Waals surface area (Å²) in [7, 11) is 0. The third-order valence-corrected chi connectivity index (χ3v) is 3.87. The zero-order valence-corrected chi connectivity index (χ0v) is 12.2. The first-order chi connectivity index (χ1) is 10.1. The molecule has 0 radical (unpaired) electrons. The molecular formula is C15H22N2O4. The third-order valence-electron chi connectivity index (χ3n) is 3.87. The van der Waals surface area contributed by atoms with E-state index in [4.69, 9.17) is 4.42 Å². The number of nitrogens with zero attached hydrogens (tertiary/aromatic N) is 1. The summed E-state index contributed by atoms with van der Waals surface area (Å²) >= 11 is 0. The van der Waals surface area contributed by atoms with Crippen molar-refractivity contribution in [1.29, 1.82) is 0 Å². The summed E-state index contributed by atoms with van der Waals surface area (Å²) in [5, 5.41) is 12.5. The lowest BCUT2D eigenvalue weighted by atomic mass is 9.96. The van der Waals surface area contributed by atoms with E-state index in [2.05, 4.69) is 5.32 Å². The fraction of sp³-hybridized carbons (Fsp3) is 0.600. The highest BCUT2D eigenvalue weighted by Gasteiger charge is 2.26. The Morgan fingerprint density at radius 1 is 1.52 bits per heavy atom. The van der Waals surface area contributed by atoms with E-state index >= 15 is 0 Å². The predicted molar refractivity (Wildman–Crippen MR) is 76.6 cm³/mol. The van der Waals surface area contributed by atoms with Crippen LogP contribution in [0.25, 0.3) is 0 Å². The van der Waals surface area contributed by atoms with Gasteiger partial charge in [-0.1, -0.05) is 6.92 Å². The van der Waals surface area contributed by atoms with E-state index in [9.17, 15) is 14.7 Å². The fourth-order valence-electron chi connectivity index (χ4n) is 2.37. The molecule has 2 unspecified atom stereocenters. The highest BCUT2D eigenvalue weighted by molar-refractivity contribution is 5.91. The van der Waals surface area contributed by atoms with Crippen LogP contribution in [-0.4, -0.2) is 47.6 Å². The molecule has 2 rings (SSSR count). The van der Waals surface area contributed by atoms with Gasteiger partial charge in [0.2, 0.25) is 5.91 Å². The van der Waals surface area contributed by atoms with Crippen molar-refractivity contribution < 1.29 is 19.1 Å². The summed E-state index contributed by atoms with van der Waals surface area (Å²) in [4.78, 5) is 25.3. The maximum atomic E-state index is 12.0. The molecule has 6 heteroatoms. The normalized spacial score (nSPS) is 22.1.